The molecule has 0 aliphatic rings. The van der Waals surface area contributed by atoms with Gasteiger partial charge in [0.05, 0.1) is 5.52 Å². The Kier molecular flexibility index (Phi) is 3.15. The molecule has 0 amide bonds. The molecule has 0 aliphatic heterocycles. The molecular formula is C15H11ClN2O. The summed E-state index contributed by atoms with van der Waals surface area (Å²) in [6.07, 6.45) is 2.59. The highest BCUT2D eigenvalue weighted by molar-refractivity contribution is 6.29. The van der Waals surface area contributed by atoms with Gasteiger partial charge in [0.25, 0.3) is 0 Å². The number of rotatable bonds is 2. The van der Waals surface area contributed by atoms with Crippen molar-refractivity contribution in [3.8, 4) is 0 Å². The van der Waals surface area contributed by atoms with E-state index >= 15 is 0 Å². The van der Waals surface area contributed by atoms with E-state index in [0.717, 1.165) is 16.5 Å². The first kappa shape index (κ1) is 12.1. The highest BCUT2D eigenvalue weighted by atomic mass is 35.5. The van der Waals surface area contributed by atoms with Crippen LogP contribution in [-0.4, -0.2) is 15.1 Å². The van der Waals surface area contributed by atoms with E-state index in [1.165, 1.54) is 0 Å². The molecule has 1 unspecified atom stereocenters. The molecule has 0 fully saturated rings. The third-order valence-corrected chi connectivity index (χ3v) is 3.26. The van der Waals surface area contributed by atoms with E-state index in [4.69, 9.17) is 11.6 Å². The van der Waals surface area contributed by atoms with Gasteiger partial charge in [0.2, 0.25) is 0 Å². The lowest BCUT2D eigenvalue weighted by Crippen LogP contribution is -2.01. The van der Waals surface area contributed by atoms with E-state index in [1.54, 1.807) is 24.5 Å². The van der Waals surface area contributed by atoms with Crippen LogP contribution in [0, 0.1) is 0 Å². The number of hydrogen-bond donors (Lipinski definition) is 1. The maximum atomic E-state index is 10.5. The van der Waals surface area contributed by atoms with Gasteiger partial charge < -0.3 is 5.11 Å². The summed E-state index contributed by atoms with van der Waals surface area (Å²) in [4.78, 5) is 8.28. The molecule has 0 radical (unpaired) electrons. The van der Waals surface area contributed by atoms with Gasteiger partial charge in [-0.15, -0.1) is 0 Å². The van der Waals surface area contributed by atoms with Crippen LogP contribution < -0.4 is 0 Å². The average molecular weight is 271 g/mol. The first-order valence-corrected chi connectivity index (χ1v) is 6.26. The number of benzene rings is 1. The van der Waals surface area contributed by atoms with E-state index in [1.807, 2.05) is 30.3 Å². The van der Waals surface area contributed by atoms with Gasteiger partial charge in [-0.1, -0.05) is 35.9 Å². The lowest BCUT2D eigenvalue weighted by atomic mass is 9.99. The molecule has 0 saturated heterocycles. The zero-order valence-electron chi connectivity index (χ0n) is 9.99. The molecule has 1 aromatic carbocycles. The number of fused-ring (bicyclic) bond motifs is 1. The van der Waals surface area contributed by atoms with E-state index in [9.17, 15) is 5.11 Å². The summed E-state index contributed by atoms with van der Waals surface area (Å²) in [5.74, 6) is 0. The number of hydrogen-bond acceptors (Lipinski definition) is 3. The molecule has 4 heteroatoms. The highest BCUT2D eigenvalue weighted by Crippen LogP contribution is 2.27. The molecule has 19 heavy (non-hydrogen) atoms. The molecule has 0 bridgehead atoms. The number of aromatic nitrogens is 2. The molecule has 0 spiro atoms. The molecule has 3 nitrogen and oxygen atoms in total. The monoisotopic (exact) mass is 270 g/mol. The van der Waals surface area contributed by atoms with Crippen molar-refractivity contribution in [2.75, 3.05) is 0 Å². The summed E-state index contributed by atoms with van der Waals surface area (Å²) >= 11 is 5.75. The second-order valence-corrected chi connectivity index (χ2v) is 4.62. The van der Waals surface area contributed by atoms with Crippen molar-refractivity contribution in [3.05, 3.63) is 71.1 Å². The van der Waals surface area contributed by atoms with E-state index < -0.39 is 6.10 Å². The van der Waals surface area contributed by atoms with Gasteiger partial charge in [-0.3, -0.25) is 4.98 Å². The van der Waals surface area contributed by atoms with E-state index in [2.05, 4.69) is 9.97 Å². The minimum absolute atomic E-state index is 0.413. The first-order valence-electron chi connectivity index (χ1n) is 5.89. The molecule has 2 aromatic heterocycles. The summed E-state index contributed by atoms with van der Waals surface area (Å²) in [6, 6.07) is 13.0. The quantitative estimate of drug-likeness (QED) is 0.726. The predicted octanol–water partition coefficient (Wildman–Crippen LogP) is 3.36. The Morgan fingerprint density at radius 1 is 1.00 bits per heavy atom. The second kappa shape index (κ2) is 4.96. The number of aliphatic hydroxyl groups excluding tert-OH is 1. The Morgan fingerprint density at radius 2 is 1.89 bits per heavy atom. The second-order valence-electron chi connectivity index (χ2n) is 4.23. The van der Waals surface area contributed by atoms with E-state index in [-0.39, 0.29) is 0 Å². The third-order valence-electron chi connectivity index (χ3n) is 3.04. The molecule has 1 N–H and O–H groups in total. The maximum absolute atomic E-state index is 10.5. The fourth-order valence-electron chi connectivity index (χ4n) is 2.09. The summed E-state index contributed by atoms with van der Waals surface area (Å²) in [7, 11) is 0. The fourth-order valence-corrected chi connectivity index (χ4v) is 2.21. The van der Waals surface area contributed by atoms with Crippen LogP contribution in [0.5, 0.6) is 0 Å². The van der Waals surface area contributed by atoms with Crippen LogP contribution in [0.4, 0.5) is 0 Å². The number of aliphatic hydroxyl groups is 1. The Labute approximate surface area is 115 Å². The predicted molar refractivity (Wildman–Crippen MR) is 75.1 cm³/mol. The third kappa shape index (κ3) is 2.30. The number of halogens is 1. The number of pyridine rings is 2. The van der Waals surface area contributed by atoms with Gasteiger partial charge >= 0.3 is 0 Å². The normalized spacial score (nSPS) is 12.5. The summed E-state index contributed by atoms with van der Waals surface area (Å²) in [5, 5.41) is 11.8. The molecule has 94 valence electrons. The van der Waals surface area contributed by atoms with Crippen LogP contribution in [0.3, 0.4) is 0 Å². The topological polar surface area (TPSA) is 46.0 Å². The van der Waals surface area contributed by atoms with Crippen LogP contribution in [0.15, 0.2) is 54.9 Å². The van der Waals surface area contributed by atoms with Crippen LogP contribution >= 0.6 is 11.6 Å². The van der Waals surface area contributed by atoms with Crippen molar-refractivity contribution in [1.29, 1.82) is 0 Å². The van der Waals surface area contributed by atoms with Gasteiger partial charge in [0.1, 0.15) is 11.3 Å². The Balaban J connectivity index is 2.11. The Hall–Kier alpha value is -1.97. The van der Waals surface area contributed by atoms with Crippen molar-refractivity contribution in [1.82, 2.24) is 9.97 Å². The molecule has 3 rings (SSSR count). The average Bonchev–Trinajstić information content (AvgIpc) is 2.47. The lowest BCUT2D eigenvalue weighted by Gasteiger charge is -2.13. The zero-order chi connectivity index (χ0) is 13.2. The molecule has 1 atom stereocenters. The summed E-state index contributed by atoms with van der Waals surface area (Å²) in [6.45, 7) is 0. The van der Waals surface area contributed by atoms with Crippen molar-refractivity contribution in [3.63, 3.8) is 0 Å². The number of nitrogens with zero attached hydrogens (tertiary/aromatic N) is 2. The van der Waals surface area contributed by atoms with Gasteiger partial charge in [-0.05, 0) is 23.8 Å². The molecule has 2 heterocycles. The highest BCUT2D eigenvalue weighted by Gasteiger charge is 2.13. The van der Waals surface area contributed by atoms with Crippen LogP contribution in [0.1, 0.15) is 17.2 Å². The molecular weight excluding hydrogens is 260 g/mol. The van der Waals surface area contributed by atoms with Crippen molar-refractivity contribution in [2.24, 2.45) is 0 Å². The Bertz CT molecular complexity index is 707. The largest absolute Gasteiger partial charge is 0.384 e. The molecule has 0 aliphatic carbocycles. The van der Waals surface area contributed by atoms with Gasteiger partial charge in [0, 0.05) is 23.3 Å². The Morgan fingerprint density at radius 3 is 2.68 bits per heavy atom. The fraction of sp³-hybridized carbons (Fsp3) is 0.0667. The molecule has 0 saturated carbocycles. The van der Waals surface area contributed by atoms with Crippen molar-refractivity contribution >= 4 is 22.5 Å². The van der Waals surface area contributed by atoms with Crippen LogP contribution in [-0.2, 0) is 0 Å². The first-order chi connectivity index (χ1) is 9.25. The van der Waals surface area contributed by atoms with Gasteiger partial charge in [-0.25, -0.2) is 4.98 Å². The maximum Gasteiger partial charge on any atom is 0.129 e. The van der Waals surface area contributed by atoms with Crippen molar-refractivity contribution < 1.29 is 5.11 Å². The smallest absolute Gasteiger partial charge is 0.129 e. The lowest BCUT2D eigenvalue weighted by molar-refractivity contribution is 0.221. The SMILES string of the molecule is OC(c1ccc(Cl)nc1)c1cccc2ncccc12. The van der Waals surface area contributed by atoms with Crippen LogP contribution in [0.2, 0.25) is 5.15 Å². The summed E-state index contributed by atoms with van der Waals surface area (Å²) < 4.78 is 0. The van der Waals surface area contributed by atoms with E-state index in [0.29, 0.717) is 10.7 Å². The minimum atomic E-state index is -0.738. The van der Waals surface area contributed by atoms with Gasteiger partial charge in [-0.2, -0.15) is 0 Å². The summed E-state index contributed by atoms with van der Waals surface area (Å²) in [5.41, 5.74) is 2.39. The van der Waals surface area contributed by atoms with Crippen LogP contribution in [0.25, 0.3) is 10.9 Å². The zero-order valence-corrected chi connectivity index (χ0v) is 10.7. The standard InChI is InChI=1S/C15H11ClN2O/c16-14-7-6-10(9-18-14)15(19)12-3-1-5-13-11(12)4-2-8-17-13/h1-9,15,19H. The van der Waals surface area contributed by atoms with Crippen molar-refractivity contribution in [2.45, 2.75) is 6.10 Å². The minimum Gasteiger partial charge on any atom is -0.384 e. The molecule has 3 aromatic rings. The van der Waals surface area contributed by atoms with Gasteiger partial charge in [0.15, 0.2) is 0 Å².